The molecule has 0 atom stereocenters. The first kappa shape index (κ1) is 12.1. The number of carboxylic acid groups (broad SMARTS) is 1. The lowest BCUT2D eigenvalue weighted by molar-refractivity contribution is -0.131. The second-order valence-corrected chi connectivity index (χ2v) is 4.08. The molecule has 2 rings (SSSR count). The SMILES string of the molecule is O=C(O)C=CC1=CC=CC(=Cc2ccccc2)C1. The molecule has 0 bridgehead atoms. The number of hydrogen-bond acceptors (Lipinski definition) is 1. The van der Waals surface area contributed by atoms with E-state index in [0.29, 0.717) is 0 Å². The third-order valence-electron chi connectivity index (χ3n) is 2.62. The molecule has 0 radical (unpaired) electrons. The van der Waals surface area contributed by atoms with Gasteiger partial charge in [-0.15, -0.1) is 0 Å². The van der Waals surface area contributed by atoms with Crippen molar-refractivity contribution in [2.24, 2.45) is 0 Å². The average molecular weight is 238 g/mol. The molecule has 2 nitrogen and oxygen atoms in total. The van der Waals surface area contributed by atoms with E-state index < -0.39 is 5.97 Å². The predicted octanol–water partition coefficient (Wildman–Crippen LogP) is 3.60. The summed E-state index contributed by atoms with van der Waals surface area (Å²) in [5.41, 5.74) is 3.33. The summed E-state index contributed by atoms with van der Waals surface area (Å²) in [5.74, 6) is -0.918. The van der Waals surface area contributed by atoms with Crippen LogP contribution in [0.1, 0.15) is 12.0 Å². The van der Waals surface area contributed by atoms with E-state index in [-0.39, 0.29) is 0 Å². The number of aliphatic carboxylic acids is 1. The summed E-state index contributed by atoms with van der Waals surface area (Å²) in [5, 5.41) is 8.60. The summed E-state index contributed by atoms with van der Waals surface area (Å²) in [6, 6.07) is 10.1. The second-order valence-electron chi connectivity index (χ2n) is 4.08. The van der Waals surface area contributed by atoms with Crippen LogP contribution < -0.4 is 0 Å². The molecule has 2 heteroatoms. The van der Waals surface area contributed by atoms with Crippen LogP contribution in [-0.2, 0) is 4.79 Å². The minimum atomic E-state index is -0.918. The number of benzene rings is 1. The van der Waals surface area contributed by atoms with Crippen molar-refractivity contribution in [1.82, 2.24) is 0 Å². The van der Waals surface area contributed by atoms with Crippen molar-refractivity contribution in [3.05, 3.63) is 77.4 Å². The van der Waals surface area contributed by atoms with Crippen molar-refractivity contribution >= 4 is 12.0 Å². The van der Waals surface area contributed by atoms with Gasteiger partial charge < -0.3 is 5.11 Å². The molecule has 18 heavy (non-hydrogen) atoms. The molecule has 0 heterocycles. The first-order valence-electron chi connectivity index (χ1n) is 5.78. The Morgan fingerprint density at radius 3 is 2.72 bits per heavy atom. The highest BCUT2D eigenvalue weighted by atomic mass is 16.4. The zero-order valence-corrected chi connectivity index (χ0v) is 9.91. The second kappa shape index (κ2) is 5.82. The Bertz CT molecular complexity index is 546. The molecule has 0 aliphatic heterocycles. The molecule has 0 saturated carbocycles. The van der Waals surface area contributed by atoms with E-state index in [2.05, 4.69) is 6.08 Å². The van der Waals surface area contributed by atoms with E-state index in [1.807, 2.05) is 48.6 Å². The van der Waals surface area contributed by atoms with Gasteiger partial charge in [0.25, 0.3) is 0 Å². The minimum absolute atomic E-state index is 0.759. The van der Waals surface area contributed by atoms with Gasteiger partial charge >= 0.3 is 5.97 Å². The minimum Gasteiger partial charge on any atom is -0.478 e. The van der Waals surface area contributed by atoms with Crippen LogP contribution >= 0.6 is 0 Å². The molecule has 0 saturated heterocycles. The van der Waals surface area contributed by atoms with Crippen LogP contribution in [0.2, 0.25) is 0 Å². The Hall–Kier alpha value is -2.35. The van der Waals surface area contributed by atoms with Crippen molar-refractivity contribution in [3.8, 4) is 0 Å². The van der Waals surface area contributed by atoms with Gasteiger partial charge in [-0.1, -0.05) is 60.7 Å². The lowest BCUT2D eigenvalue weighted by Crippen LogP contribution is -1.91. The van der Waals surface area contributed by atoms with Gasteiger partial charge in [-0.25, -0.2) is 4.79 Å². The summed E-state index contributed by atoms with van der Waals surface area (Å²) in [6.45, 7) is 0. The van der Waals surface area contributed by atoms with Gasteiger partial charge in [-0.3, -0.25) is 0 Å². The zero-order chi connectivity index (χ0) is 12.8. The third kappa shape index (κ3) is 3.59. The molecule has 0 amide bonds. The van der Waals surface area contributed by atoms with E-state index in [1.165, 1.54) is 11.6 Å². The molecule has 0 aromatic heterocycles. The molecule has 1 N–H and O–H groups in total. The summed E-state index contributed by atoms with van der Waals surface area (Å²) in [6.07, 6.45) is 11.6. The molecule has 0 fully saturated rings. The summed E-state index contributed by atoms with van der Waals surface area (Å²) in [7, 11) is 0. The van der Waals surface area contributed by atoms with Gasteiger partial charge in [0.2, 0.25) is 0 Å². The Balaban J connectivity index is 2.11. The summed E-state index contributed by atoms with van der Waals surface area (Å²) < 4.78 is 0. The average Bonchev–Trinajstić information content (AvgIpc) is 2.38. The van der Waals surface area contributed by atoms with Crippen molar-refractivity contribution in [1.29, 1.82) is 0 Å². The van der Waals surface area contributed by atoms with Crippen LogP contribution in [0.3, 0.4) is 0 Å². The summed E-state index contributed by atoms with van der Waals surface area (Å²) in [4.78, 5) is 10.5. The van der Waals surface area contributed by atoms with Gasteiger partial charge in [-0.2, -0.15) is 0 Å². The molecule has 1 aromatic rings. The molecule has 1 aliphatic carbocycles. The zero-order valence-electron chi connectivity index (χ0n) is 9.91. The number of carbonyl (C=O) groups is 1. The molecule has 0 unspecified atom stereocenters. The Kier molecular flexibility index (Phi) is 3.92. The normalized spacial score (nSPS) is 17.1. The summed E-state index contributed by atoms with van der Waals surface area (Å²) >= 11 is 0. The Labute approximate surface area is 106 Å². The van der Waals surface area contributed by atoms with Crippen molar-refractivity contribution in [2.75, 3.05) is 0 Å². The molecule has 1 aliphatic rings. The molecule has 0 spiro atoms. The maximum atomic E-state index is 10.5. The fourth-order valence-electron chi connectivity index (χ4n) is 1.80. The van der Waals surface area contributed by atoms with Crippen LogP contribution in [0.4, 0.5) is 0 Å². The van der Waals surface area contributed by atoms with E-state index >= 15 is 0 Å². The van der Waals surface area contributed by atoms with Crippen LogP contribution in [0.25, 0.3) is 6.08 Å². The van der Waals surface area contributed by atoms with Gasteiger partial charge in [0.15, 0.2) is 0 Å². The largest absolute Gasteiger partial charge is 0.478 e. The maximum Gasteiger partial charge on any atom is 0.328 e. The van der Waals surface area contributed by atoms with Crippen LogP contribution in [0, 0.1) is 0 Å². The van der Waals surface area contributed by atoms with E-state index in [4.69, 9.17) is 5.11 Å². The number of hydrogen-bond donors (Lipinski definition) is 1. The molecule has 90 valence electrons. The smallest absolute Gasteiger partial charge is 0.328 e. The quantitative estimate of drug-likeness (QED) is 0.817. The third-order valence-corrected chi connectivity index (χ3v) is 2.62. The highest BCUT2D eigenvalue weighted by Gasteiger charge is 2.02. The topological polar surface area (TPSA) is 37.3 Å². The van der Waals surface area contributed by atoms with E-state index in [1.54, 1.807) is 6.08 Å². The fourth-order valence-corrected chi connectivity index (χ4v) is 1.80. The van der Waals surface area contributed by atoms with Gasteiger partial charge in [0, 0.05) is 6.08 Å². The first-order valence-corrected chi connectivity index (χ1v) is 5.78. The lowest BCUT2D eigenvalue weighted by Gasteiger charge is -2.08. The number of allylic oxidation sites excluding steroid dienone is 6. The van der Waals surface area contributed by atoms with Gasteiger partial charge in [0.1, 0.15) is 0 Å². The number of rotatable bonds is 3. The van der Waals surface area contributed by atoms with Gasteiger partial charge in [0.05, 0.1) is 0 Å². The van der Waals surface area contributed by atoms with E-state index in [9.17, 15) is 4.79 Å². The highest BCUT2D eigenvalue weighted by Crippen LogP contribution is 2.21. The molecular formula is C16H14O2. The fraction of sp³-hybridized carbons (Fsp3) is 0.0625. The van der Waals surface area contributed by atoms with Gasteiger partial charge in [-0.05, 0) is 23.1 Å². The first-order chi connectivity index (χ1) is 8.74. The number of carboxylic acids is 1. The standard InChI is InChI=1S/C16H14O2/c17-16(18)10-9-14-7-4-8-15(12-14)11-13-5-2-1-3-6-13/h1-11H,12H2,(H,17,18). The Morgan fingerprint density at radius 2 is 2.00 bits per heavy atom. The lowest BCUT2D eigenvalue weighted by atomic mass is 9.97. The van der Waals surface area contributed by atoms with Crippen LogP contribution in [-0.4, -0.2) is 11.1 Å². The molecule has 1 aromatic carbocycles. The monoisotopic (exact) mass is 238 g/mol. The van der Waals surface area contributed by atoms with E-state index in [0.717, 1.165) is 17.6 Å². The predicted molar refractivity (Wildman–Crippen MR) is 73.0 cm³/mol. The molecular weight excluding hydrogens is 224 g/mol. The van der Waals surface area contributed by atoms with Crippen LogP contribution in [0.5, 0.6) is 0 Å². The highest BCUT2D eigenvalue weighted by molar-refractivity contribution is 5.80. The van der Waals surface area contributed by atoms with Crippen molar-refractivity contribution < 1.29 is 9.90 Å². The van der Waals surface area contributed by atoms with Crippen molar-refractivity contribution in [2.45, 2.75) is 6.42 Å². The Morgan fingerprint density at radius 1 is 1.22 bits per heavy atom. The van der Waals surface area contributed by atoms with Crippen molar-refractivity contribution in [3.63, 3.8) is 0 Å². The maximum absolute atomic E-state index is 10.5. The van der Waals surface area contributed by atoms with Crippen LogP contribution in [0.15, 0.2) is 71.9 Å².